The third-order valence-electron chi connectivity index (χ3n) is 4.08. The van der Waals surface area contributed by atoms with Crippen LogP contribution in [0.1, 0.15) is 11.1 Å². The zero-order chi connectivity index (χ0) is 16.6. The molecule has 0 amide bonds. The van der Waals surface area contributed by atoms with Crippen molar-refractivity contribution >= 4 is 26.5 Å². The van der Waals surface area contributed by atoms with E-state index >= 15 is 0 Å². The SMILES string of the molecule is Cc1ccc(C)c(N(C)S(=O)(=O)c2ccc3ccccc3c2)c1. The van der Waals surface area contributed by atoms with Crippen LogP contribution in [-0.2, 0) is 10.0 Å². The summed E-state index contributed by atoms with van der Waals surface area (Å²) in [5, 5.41) is 1.95. The average molecular weight is 325 g/mol. The van der Waals surface area contributed by atoms with Gasteiger partial charge >= 0.3 is 0 Å². The van der Waals surface area contributed by atoms with Gasteiger partial charge in [0.2, 0.25) is 0 Å². The maximum atomic E-state index is 13.0. The van der Waals surface area contributed by atoms with Crippen LogP contribution in [0, 0.1) is 13.8 Å². The number of nitrogens with zero attached hydrogens (tertiary/aromatic N) is 1. The monoisotopic (exact) mass is 325 g/mol. The fourth-order valence-electron chi connectivity index (χ4n) is 2.67. The maximum absolute atomic E-state index is 13.0. The van der Waals surface area contributed by atoms with Gasteiger partial charge in [-0.1, -0.05) is 42.5 Å². The van der Waals surface area contributed by atoms with Crippen LogP contribution in [0.4, 0.5) is 5.69 Å². The van der Waals surface area contributed by atoms with E-state index in [9.17, 15) is 8.42 Å². The minimum Gasteiger partial charge on any atom is -0.269 e. The Morgan fingerprint density at radius 2 is 1.52 bits per heavy atom. The molecule has 0 spiro atoms. The Morgan fingerprint density at radius 1 is 0.826 bits per heavy atom. The molecule has 0 aromatic heterocycles. The van der Waals surface area contributed by atoms with Gasteiger partial charge in [-0.15, -0.1) is 0 Å². The molecule has 0 aliphatic carbocycles. The summed E-state index contributed by atoms with van der Waals surface area (Å²) in [6, 6.07) is 18.8. The number of fused-ring (bicyclic) bond motifs is 1. The molecule has 23 heavy (non-hydrogen) atoms. The minimum atomic E-state index is -3.59. The maximum Gasteiger partial charge on any atom is 0.264 e. The molecule has 0 N–H and O–H groups in total. The summed E-state index contributed by atoms with van der Waals surface area (Å²) in [7, 11) is -1.99. The molecule has 0 aliphatic heterocycles. The van der Waals surface area contributed by atoms with Crippen LogP contribution in [-0.4, -0.2) is 15.5 Å². The number of hydrogen-bond donors (Lipinski definition) is 0. The lowest BCUT2D eigenvalue weighted by Crippen LogP contribution is -2.27. The molecule has 3 aromatic carbocycles. The van der Waals surface area contributed by atoms with Gasteiger partial charge in [0.1, 0.15) is 0 Å². The van der Waals surface area contributed by atoms with E-state index in [1.54, 1.807) is 19.2 Å². The van der Waals surface area contributed by atoms with E-state index in [1.165, 1.54) is 4.31 Å². The zero-order valence-corrected chi connectivity index (χ0v) is 14.3. The summed E-state index contributed by atoms with van der Waals surface area (Å²) in [5.41, 5.74) is 2.67. The van der Waals surface area contributed by atoms with Crippen molar-refractivity contribution in [1.82, 2.24) is 0 Å². The van der Waals surface area contributed by atoms with Crippen molar-refractivity contribution in [2.75, 3.05) is 11.4 Å². The van der Waals surface area contributed by atoms with Gasteiger partial charge in [0, 0.05) is 7.05 Å². The molecule has 0 unspecified atom stereocenters. The predicted molar refractivity (Wildman–Crippen MR) is 95.5 cm³/mol. The highest BCUT2D eigenvalue weighted by Crippen LogP contribution is 2.28. The van der Waals surface area contributed by atoms with Crippen LogP contribution in [0.3, 0.4) is 0 Å². The van der Waals surface area contributed by atoms with Gasteiger partial charge in [-0.25, -0.2) is 8.42 Å². The normalized spacial score (nSPS) is 11.6. The minimum absolute atomic E-state index is 0.305. The van der Waals surface area contributed by atoms with E-state index in [4.69, 9.17) is 0 Å². The van der Waals surface area contributed by atoms with E-state index in [0.29, 0.717) is 10.6 Å². The number of hydrogen-bond acceptors (Lipinski definition) is 2. The largest absolute Gasteiger partial charge is 0.269 e. The highest BCUT2D eigenvalue weighted by Gasteiger charge is 2.22. The van der Waals surface area contributed by atoms with Gasteiger partial charge in [0.25, 0.3) is 10.0 Å². The molecular weight excluding hydrogens is 306 g/mol. The summed E-state index contributed by atoms with van der Waals surface area (Å²) >= 11 is 0. The highest BCUT2D eigenvalue weighted by atomic mass is 32.2. The van der Waals surface area contributed by atoms with Crippen LogP contribution >= 0.6 is 0 Å². The van der Waals surface area contributed by atoms with Crippen molar-refractivity contribution < 1.29 is 8.42 Å². The Balaban J connectivity index is 2.10. The van der Waals surface area contributed by atoms with Crippen LogP contribution in [0.15, 0.2) is 65.6 Å². The topological polar surface area (TPSA) is 37.4 Å². The smallest absolute Gasteiger partial charge is 0.264 e. The average Bonchev–Trinajstić information content (AvgIpc) is 2.56. The molecule has 0 saturated carbocycles. The van der Waals surface area contributed by atoms with Gasteiger partial charge in [0.05, 0.1) is 10.6 Å². The predicted octanol–water partition coefficient (Wildman–Crippen LogP) is 4.28. The third-order valence-corrected chi connectivity index (χ3v) is 5.85. The van der Waals surface area contributed by atoms with Gasteiger partial charge in [0.15, 0.2) is 0 Å². The first-order valence-electron chi connectivity index (χ1n) is 7.44. The molecule has 0 radical (unpaired) electrons. The second-order valence-corrected chi connectivity index (χ2v) is 7.74. The van der Waals surface area contributed by atoms with Crippen molar-refractivity contribution in [2.45, 2.75) is 18.7 Å². The van der Waals surface area contributed by atoms with Crippen molar-refractivity contribution in [2.24, 2.45) is 0 Å². The number of benzene rings is 3. The van der Waals surface area contributed by atoms with Crippen LogP contribution < -0.4 is 4.31 Å². The van der Waals surface area contributed by atoms with Crippen molar-refractivity contribution in [3.05, 3.63) is 71.8 Å². The quantitative estimate of drug-likeness (QED) is 0.721. The molecule has 0 fully saturated rings. The number of sulfonamides is 1. The summed E-state index contributed by atoms with van der Waals surface area (Å²) in [4.78, 5) is 0.305. The van der Waals surface area contributed by atoms with Gasteiger partial charge in [-0.3, -0.25) is 4.31 Å². The molecular formula is C19H19NO2S. The standard InChI is InChI=1S/C19H19NO2S/c1-14-8-9-15(2)19(12-14)20(3)23(21,22)18-11-10-16-6-4-5-7-17(16)13-18/h4-13H,1-3H3. The van der Waals surface area contributed by atoms with Crippen molar-refractivity contribution in [1.29, 1.82) is 0 Å². The lowest BCUT2D eigenvalue weighted by molar-refractivity contribution is 0.594. The Labute approximate surface area is 137 Å². The fourth-order valence-corrected chi connectivity index (χ4v) is 3.96. The van der Waals surface area contributed by atoms with Crippen molar-refractivity contribution in [3.63, 3.8) is 0 Å². The molecule has 4 heteroatoms. The lowest BCUT2D eigenvalue weighted by atomic mass is 10.1. The van der Waals surface area contributed by atoms with E-state index in [-0.39, 0.29) is 0 Å². The lowest BCUT2D eigenvalue weighted by Gasteiger charge is -2.22. The van der Waals surface area contributed by atoms with Crippen molar-refractivity contribution in [3.8, 4) is 0 Å². The van der Waals surface area contributed by atoms with E-state index in [1.807, 2.05) is 62.4 Å². The first kappa shape index (κ1) is 15.6. The summed E-state index contributed by atoms with van der Waals surface area (Å²) in [5.74, 6) is 0. The van der Waals surface area contributed by atoms with Crippen LogP contribution in [0.2, 0.25) is 0 Å². The molecule has 0 aliphatic rings. The second-order valence-electron chi connectivity index (χ2n) is 5.77. The second kappa shape index (κ2) is 5.70. The highest BCUT2D eigenvalue weighted by molar-refractivity contribution is 7.92. The number of aryl methyl sites for hydroxylation is 2. The molecule has 0 heterocycles. The van der Waals surface area contributed by atoms with Gasteiger partial charge in [-0.2, -0.15) is 0 Å². The first-order valence-corrected chi connectivity index (χ1v) is 8.88. The summed E-state index contributed by atoms with van der Waals surface area (Å²) in [6.45, 7) is 3.88. The van der Waals surface area contributed by atoms with Gasteiger partial charge in [-0.05, 0) is 53.9 Å². The number of rotatable bonds is 3. The van der Waals surface area contributed by atoms with Crippen LogP contribution in [0.5, 0.6) is 0 Å². The molecule has 3 rings (SSSR count). The third kappa shape index (κ3) is 2.82. The Morgan fingerprint density at radius 3 is 2.26 bits per heavy atom. The van der Waals surface area contributed by atoms with E-state index in [2.05, 4.69) is 0 Å². The molecule has 3 nitrogen and oxygen atoms in total. The molecule has 118 valence electrons. The number of anilines is 1. The molecule has 0 bridgehead atoms. The molecule has 0 atom stereocenters. The van der Waals surface area contributed by atoms with E-state index in [0.717, 1.165) is 21.9 Å². The van der Waals surface area contributed by atoms with Crippen LogP contribution in [0.25, 0.3) is 10.8 Å². The molecule has 3 aromatic rings. The fraction of sp³-hybridized carbons (Fsp3) is 0.158. The first-order chi connectivity index (χ1) is 10.9. The Kier molecular flexibility index (Phi) is 3.86. The molecule has 0 saturated heterocycles. The zero-order valence-electron chi connectivity index (χ0n) is 13.4. The van der Waals surface area contributed by atoms with Gasteiger partial charge < -0.3 is 0 Å². The Bertz CT molecular complexity index is 978. The Hall–Kier alpha value is -2.33. The summed E-state index contributed by atoms with van der Waals surface area (Å²) in [6.07, 6.45) is 0. The summed E-state index contributed by atoms with van der Waals surface area (Å²) < 4.78 is 27.3. The van der Waals surface area contributed by atoms with E-state index < -0.39 is 10.0 Å².